The van der Waals surface area contributed by atoms with E-state index in [2.05, 4.69) is 4.98 Å². The van der Waals surface area contributed by atoms with Gasteiger partial charge in [0.05, 0.1) is 13.7 Å². The van der Waals surface area contributed by atoms with Crippen LogP contribution in [0.1, 0.15) is 22.4 Å². The summed E-state index contributed by atoms with van der Waals surface area (Å²) in [5, 5.41) is 9.17. The number of methoxy groups -OCH3 is 1. The van der Waals surface area contributed by atoms with Crippen LogP contribution in [0.15, 0.2) is 24.3 Å². The highest BCUT2D eigenvalue weighted by molar-refractivity contribution is 5.46. The number of nitrogens with zero attached hydrogens (tertiary/aromatic N) is 1. The summed E-state index contributed by atoms with van der Waals surface area (Å²) in [6.07, 6.45) is 0. The number of benzene rings is 1. The third-order valence-corrected chi connectivity index (χ3v) is 3.26. The molecule has 2 rings (SSSR count). The molecule has 0 aliphatic rings. The summed E-state index contributed by atoms with van der Waals surface area (Å²) >= 11 is 0. The fraction of sp³-hybridized carbons (Fsp3) is 0.312. The van der Waals surface area contributed by atoms with Gasteiger partial charge in [-0.1, -0.05) is 6.07 Å². The maximum Gasteiger partial charge on any atom is 0.224 e. The van der Waals surface area contributed by atoms with Gasteiger partial charge in [0.1, 0.15) is 0 Å². The lowest BCUT2D eigenvalue weighted by atomic mass is 10.1. The molecule has 0 amide bonds. The van der Waals surface area contributed by atoms with Crippen LogP contribution in [0.25, 0.3) is 0 Å². The SMILES string of the molecule is COc1cc(CO)ccc1Oc1nc(C)cc(C)c1CN. The molecule has 1 heterocycles. The highest BCUT2D eigenvalue weighted by Gasteiger charge is 2.13. The van der Waals surface area contributed by atoms with Crippen LogP contribution < -0.4 is 15.2 Å². The van der Waals surface area contributed by atoms with E-state index in [1.165, 1.54) is 0 Å². The molecule has 2 aromatic rings. The van der Waals surface area contributed by atoms with Crippen LogP contribution in [0.3, 0.4) is 0 Å². The van der Waals surface area contributed by atoms with Crippen molar-refractivity contribution < 1.29 is 14.6 Å². The first kappa shape index (κ1) is 15.3. The molecule has 0 unspecified atom stereocenters. The fourth-order valence-electron chi connectivity index (χ4n) is 2.16. The third-order valence-electron chi connectivity index (χ3n) is 3.26. The van der Waals surface area contributed by atoms with Crippen molar-refractivity contribution in [1.82, 2.24) is 4.98 Å². The van der Waals surface area contributed by atoms with Crippen molar-refractivity contribution in [1.29, 1.82) is 0 Å². The number of hydrogen-bond acceptors (Lipinski definition) is 5. The monoisotopic (exact) mass is 288 g/mol. The van der Waals surface area contributed by atoms with Gasteiger partial charge in [0.15, 0.2) is 11.5 Å². The molecule has 21 heavy (non-hydrogen) atoms. The Morgan fingerprint density at radius 3 is 2.57 bits per heavy atom. The Balaban J connectivity index is 2.42. The van der Waals surface area contributed by atoms with Crippen LogP contribution in [0, 0.1) is 13.8 Å². The van der Waals surface area contributed by atoms with Crippen molar-refractivity contribution >= 4 is 0 Å². The first-order valence-electron chi connectivity index (χ1n) is 6.71. The molecule has 0 spiro atoms. The van der Waals surface area contributed by atoms with E-state index in [4.69, 9.17) is 20.3 Å². The van der Waals surface area contributed by atoms with Gasteiger partial charge in [0, 0.05) is 17.8 Å². The minimum Gasteiger partial charge on any atom is -0.493 e. The second-order valence-corrected chi connectivity index (χ2v) is 4.81. The Hall–Kier alpha value is -2.11. The van der Waals surface area contributed by atoms with E-state index in [-0.39, 0.29) is 6.61 Å². The van der Waals surface area contributed by atoms with Gasteiger partial charge in [-0.15, -0.1) is 0 Å². The minimum atomic E-state index is -0.0491. The van der Waals surface area contributed by atoms with Gasteiger partial charge in [-0.2, -0.15) is 0 Å². The number of pyridine rings is 1. The molecule has 1 aromatic heterocycles. The topological polar surface area (TPSA) is 77.6 Å². The Morgan fingerprint density at radius 2 is 1.95 bits per heavy atom. The summed E-state index contributed by atoms with van der Waals surface area (Å²) in [5.41, 5.74) is 9.33. The van der Waals surface area contributed by atoms with Crippen LogP contribution >= 0.6 is 0 Å². The van der Waals surface area contributed by atoms with Crippen LogP contribution in [-0.4, -0.2) is 17.2 Å². The Bertz CT molecular complexity index is 642. The molecule has 0 bridgehead atoms. The summed E-state index contributed by atoms with van der Waals surface area (Å²) in [5.74, 6) is 1.58. The molecule has 0 aliphatic heterocycles. The van der Waals surface area contributed by atoms with E-state index in [9.17, 15) is 0 Å². The predicted octanol–water partition coefficient (Wildman–Crippen LogP) is 2.45. The lowest BCUT2D eigenvalue weighted by molar-refractivity contribution is 0.280. The van der Waals surface area contributed by atoms with Crippen LogP contribution in [0.4, 0.5) is 0 Å². The lowest BCUT2D eigenvalue weighted by Crippen LogP contribution is -2.05. The summed E-state index contributed by atoms with van der Waals surface area (Å²) in [6, 6.07) is 7.24. The molecule has 0 radical (unpaired) electrons. The van der Waals surface area contributed by atoms with Crippen LogP contribution in [0.5, 0.6) is 17.4 Å². The lowest BCUT2D eigenvalue weighted by Gasteiger charge is -2.15. The molecule has 0 aliphatic carbocycles. The van der Waals surface area contributed by atoms with Crippen molar-refractivity contribution in [2.75, 3.05) is 7.11 Å². The molecule has 0 fully saturated rings. The predicted molar refractivity (Wildman–Crippen MR) is 80.6 cm³/mol. The molecule has 3 N–H and O–H groups in total. The van der Waals surface area contributed by atoms with Crippen molar-refractivity contribution in [2.24, 2.45) is 5.73 Å². The van der Waals surface area contributed by atoms with E-state index in [1.807, 2.05) is 19.9 Å². The third kappa shape index (κ3) is 3.32. The normalized spacial score (nSPS) is 10.5. The van der Waals surface area contributed by atoms with E-state index in [1.54, 1.807) is 25.3 Å². The molecule has 112 valence electrons. The highest BCUT2D eigenvalue weighted by Crippen LogP contribution is 2.33. The van der Waals surface area contributed by atoms with E-state index in [0.717, 1.165) is 22.4 Å². The first-order valence-corrected chi connectivity index (χ1v) is 6.71. The summed E-state index contributed by atoms with van der Waals surface area (Å²) in [4.78, 5) is 4.41. The van der Waals surface area contributed by atoms with Crippen molar-refractivity contribution in [3.63, 3.8) is 0 Å². The number of aliphatic hydroxyl groups excluding tert-OH is 1. The van der Waals surface area contributed by atoms with Gasteiger partial charge in [-0.25, -0.2) is 4.98 Å². The molecule has 0 saturated heterocycles. The Morgan fingerprint density at radius 1 is 1.19 bits per heavy atom. The molecule has 0 atom stereocenters. The van der Waals surface area contributed by atoms with Crippen LogP contribution in [0.2, 0.25) is 0 Å². The quantitative estimate of drug-likeness (QED) is 0.883. The van der Waals surface area contributed by atoms with E-state index in [0.29, 0.717) is 23.9 Å². The molecule has 5 heteroatoms. The number of hydrogen-bond donors (Lipinski definition) is 2. The van der Waals surface area contributed by atoms with E-state index >= 15 is 0 Å². The first-order chi connectivity index (χ1) is 10.1. The van der Waals surface area contributed by atoms with Crippen molar-refractivity contribution in [3.8, 4) is 17.4 Å². The number of rotatable bonds is 5. The smallest absolute Gasteiger partial charge is 0.224 e. The van der Waals surface area contributed by atoms with E-state index < -0.39 is 0 Å². The number of nitrogens with two attached hydrogens (primary N) is 1. The maximum atomic E-state index is 9.17. The van der Waals surface area contributed by atoms with Gasteiger partial charge < -0.3 is 20.3 Å². The molecule has 5 nitrogen and oxygen atoms in total. The fourth-order valence-corrected chi connectivity index (χ4v) is 2.16. The molecular formula is C16H20N2O3. The number of ether oxygens (including phenoxy) is 2. The Labute approximate surface area is 124 Å². The number of aliphatic hydroxyl groups is 1. The largest absolute Gasteiger partial charge is 0.493 e. The second kappa shape index (κ2) is 6.56. The minimum absolute atomic E-state index is 0.0491. The van der Waals surface area contributed by atoms with Crippen molar-refractivity contribution in [2.45, 2.75) is 27.0 Å². The number of aryl methyl sites for hydroxylation is 2. The van der Waals surface area contributed by atoms with Gasteiger partial charge in [0.2, 0.25) is 5.88 Å². The summed E-state index contributed by atoms with van der Waals surface area (Å²) in [7, 11) is 1.56. The summed E-state index contributed by atoms with van der Waals surface area (Å²) in [6.45, 7) is 4.19. The second-order valence-electron chi connectivity index (χ2n) is 4.81. The van der Waals surface area contributed by atoms with Crippen LogP contribution in [-0.2, 0) is 13.2 Å². The zero-order valence-electron chi connectivity index (χ0n) is 12.5. The molecular weight excluding hydrogens is 268 g/mol. The number of aromatic nitrogens is 1. The Kier molecular flexibility index (Phi) is 4.77. The molecule has 0 saturated carbocycles. The molecule has 1 aromatic carbocycles. The van der Waals surface area contributed by atoms with Gasteiger partial charge in [0.25, 0.3) is 0 Å². The average Bonchev–Trinajstić information content (AvgIpc) is 2.47. The van der Waals surface area contributed by atoms with Gasteiger partial charge in [-0.05, 0) is 43.2 Å². The zero-order chi connectivity index (χ0) is 15.4. The summed E-state index contributed by atoms with van der Waals surface area (Å²) < 4.78 is 11.2. The average molecular weight is 288 g/mol. The van der Waals surface area contributed by atoms with Crippen molar-refractivity contribution in [3.05, 3.63) is 46.6 Å². The standard InChI is InChI=1S/C16H20N2O3/c1-10-6-11(2)18-16(13(10)8-17)21-14-5-4-12(9-19)7-15(14)20-3/h4-7,19H,8-9,17H2,1-3H3. The highest BCUT2D eigenvalue weighted by atomic mass is 16.5. The maximum absolute atomic E-state index is 9.17. The van der Waals surface area contributed by atoms with Gasteiger partial charge >= 0.3 is 0 Å². The van der Waals surface area contributed by atoms with Gasteiger partial charge in [-0.3, -0.25) is 0 Å². The zero-order valence-corrected chi connectivity index (χ0v) is 12.5.